The summed E-state index contributed by atoms with van der Waals surface area (Å²) in [7, 11) is -0.688. The minimum atomic E-state index is -0.688. The van der Waals surface area contributed by atoms with Crippen LogP contribution in [0.4, 0.5) is 5.69 Å². The van der Waals surface area contributed by atoms with E-state index >= 15 is 0 Å². The molecule has 0 aliphatic carbocycles. The van der Waals surface area contributed by atoms with Crippen LogP contribution >= 0.6 is 8.22 Å². The third-order valence-corrected chi connectivity index (χ3v) is 7.97. The molecule has 4 heteroatoms. The second kappa shape index (κ2) is 6.30. The largest absolute Gasteiger partial charge is 0.507 e. The number of aromatic hydroxyl groups is 1. The van der Waals surface area contributed by atoms with E-state index in [0.29, 0.717) is 11.8 Å². The number of phenols is 1. The van der Waals surface area contributed by atoms with Gasteiger partial charge in [-0.2, -0.15) is 0 Å². The molecule has 0 amide bonds. The van der Waals surface area contributed by atoms with Crippen molar-refractivity contribution in [1.29, 1.82) is 0 Å². The predicted octanol–water partition coefficient (Wildman–Crippen LogP) is 4.61. The number of hydrogen-bond donors (Lipinski definition) is 1. The van der Waals surface area contributed by atoms with Gasteiger partial charge in [-0.3, -0.25) is 4.67 Å². The summed E-state index contributed by atoms with van der Waals surface area (Å²) in [6, 6.07) is 17.5. The molecule has 4 rings (SSSR count). The first-order chi connectivity index (χ1) is 11.9. The van der Waals surface area contributed by atoms with Gasteiger partial charge in [0.1, 0.15) is 14.0 Å². The van der Waals surface area contributed by atoms with Crippen molar-refractivity contribution >= 4 is 19.2 Å². The van der Waals surface area contributed by atoms with Crippen molar-refractivity contribution in [3.63, 3.8) is 0 Å². The summed E-state index contributed by atoms with van der Waals surface area (Å²) in [4.78, 5) is 0. The highest BCUT2D eigenvalue weighted by Crippen LogP contribution is 2.56. The highest BCUT2D eigenvalue weighted by Gasteiger charge is 2.44. The van der Waals surface area contributed by atoms with Crippen LogP contribution in [0.25, 0.3) is 0 Å². The lowest BCUT2D eigenvalue weighted by atomic mass is 9.87. The van der Waals surface area contributed by atoms with E-state index in [1.807, 2.05) is 6.07 Å². The highest BCUT2D eigenvalue weighted by atomic mass is 31.1. The van der Waals surface area contributed by atoms with Crippen LogP contribution in [0, 0.1) is 0 Å². The van der Waals surface area contributed by atoms with Gasteiger partial charge in [-0.05, 0) is 48.1 Å². The molecule has 2 aromatic carbocycles. The molecule has 0 aromatic heterocycles. The standard InChI is InChI=1S/C21H27N2OP/c1-21(2,3)16-11-12-19(24)20(14-16)25-22-13-7-10-18(22)15-23(25)17-8-5-4-6-9-17/h4-6,8-9,11-12,14,18,24H,7,10,13,15H2,1-3H3/t18-,25-/m0/s1. The van der Waals surface area contributed by atoms with Gasteiger partial charge >= 0.3 is 0 Å². The van der Waals surface area contributed by atoms with Gasteiger partial charge in [-0.15, -0.1) is 0 Å². The Labute approximate surface area is 152 Å². The Bertz CT molecular complexity index is 756. The number of rotatable bonds is 2. The minimum Gasteiger partial charge on any atom is -0.507 e. The molecule has 0 radical (unpaired) electrons. The summed E-state index contributed by atoms with van der Waals surface area (Å²) in [5.41, 5.74) is 2.64. The zero-order valence-corrected chi connectivity index (χ0v) is 16.2. The van der Waals surface area contributed by atoms with Crippen molar-refractivity contribution in [2.75, 3.05) is 17.8 Å². The summed E-state index contributed by atoms with van der Waals surface area (Å²) < 4.78 is 5.17. The molecule has 25 heavy (non-hydrogen) atoms. The number of hydrogen-bond acceptors (Lipinski definition) is 3. The van der Waals surface area contributed by atoms with Gasteiger partial charge in [0.15, 0.2) is 0 Å². The molecule has 0 bridgehead atoms. The quantitative estimate of drug-likeness (QED) is 0.798. The van der Waals surface area contributed by atoms with E-state index in [9.17, 15) is 5.11 Å². The Kier molecular flexibility index (Phi) is 4.25. The van der Waals surface area contributed by atoms with Crippen molar-refractivity contribution < 1.29 is 5.11 Å². The maximum atomic E-state index is 10.7. The lowest BCUT2D eigenvalue weighted by Crippen LogP contribution is -2.25. The Morgan fingerprint density at radius 2 is 1.84 bits per heavy atom. The Morgan fingerprint density at radius 3 is 2.56 bits per heavy atom. The van der Waals surface area contributed by atoms with Crippen LogP contribution < -0.4 is 9.97 Å². The normalized spacial score (nSPS) is 23.9. The number of benzene rings is 2. The fraction of sp³-hybridized carbons (Fsp3) is 0.429. The van der Waals surface area contributed by atoms with Gasteiger partial charge in [0.2, 0.25) is 0 Å². The van der Waals surface area contributed by atoms with E-state index in [4.69, 9.17) is 0 Å². The van der Waals surface area contributed by atoms with Crippen molar-refractivity contribution in [2.45, 2.75) is 45.1 Å². The molecule has 2 aliphatic heterocycles. The molecule has 3 nitrogen and oxygen atoms in total. The first kappa shape index (κ1) is 16.9. The van der Waals surface area contributed by atoms with Crippen LogP contribution in [0.15, 0.2) is 48.5 Å². The lowest BCUT2D eigenvalue weighted by molar-refractivity contribution is 0.463. The van der Waals surface area contributed by atoms with Gasteiger partial charge in [-0.25, -0.2) is 0 Å². The van der Waals surface area contributed by atoms with E-state index in [0.717, 1.165) is 18.4 Å². The maximum absolute atomic E-state index is 10.7. The SMILES string of the molecule is CC(C)(C)c1ccc(O)c([P@]2N(c3ccccc3)C[C@@H]3CCCN32)c1. The number of fused-ring (bicyclic) bond motifs is 1. The topological polar surface area (TPSA) is 26.7 Å². The van der Waals surface area contributed by atoms with Crippen LogP contribution in [0.3, 0.4) is 0 Å². The van der Waals surface area contributed by atoms with E-state index in [1.165, 1.54) is 24.1 Å². The summed E-state index contributed by atoms with van der Waals surface area (Å²) in [6.07, 6.45) is 2.54. The van der Waals surface area contributed by atoms with Crippen molar-refractivity contribution in [2.24, 2.45) is 0 Å². The van der Waals surface area contributed by atoms with Gasteiger partial charge in [0.05, 0.1) is 5.30 Å². The van der Waals surface area contributed by atoms with Crippen molar-refractivity contribution in [3.05, 3.63) is 54.1 Å². The smallest absolute Gasteiger partial charge is 0.126 e. The van der Waals surface area contributed by atoms with Crippen LogP contribution in [0.1, 0.15) is 39.2 Å². The van der Waals surface area contributed by atoms with Crippen LogP contribution in [-0.4, -0.2) is 28.9 Å². The second-order valence-electron chi connectivity index (χ2n) is 8.12. The second-order valence-corrected chi connectivity index (χ2v) is 10.2. The fourth-order valence-electron chi connectivity index (χ4n) is 3.90. The van der Waals surface area contributed by atoms with Crippen LogP contribution in [0.2, 0.25) is 0 Å². The molecule has 2 saturated heterocycles. The van der Waals surface area contributed by atoms with Gasteiger partial charge < -0.3 is 9.78 Å². The third kappa shape index (κ3) is 3.05. The van der Waals surface area contributed by atoms with Crippen molar-refractivity contribution in [3.8, 4) is 5.75 Å². The molecule has 2 atom stereocenters. The number of para-hydroxylation sites is 1. The first-order valence-electron chi connectivity index (χ1n) is 9.18. The molecule has 2 heterocycles. The molecule has 1 N–H and O–H groups in total. The van der Waals surface area contributed by atoms with E-state index < -0.39 is 8.22 Å². The Balaban J connectivity index is 1.80. The van der Waals surface area contributed by atoms with E-state index in [1.54, 1.807) is 0 Å². The average Bonchev–Trinajstić information content (AvgIpc) is 3.16. The van der Waals surface area contributed by atoms with E-state index in [2.05, 4.69) is 72.6 Å². The van der Waals surface area contributed by atoms with Gasteiger partial charge in [0, 0.05) is 24.8 Å². The molecule has 0 spiro atoms. The summed E-state index contributed by atoms with van der Waals surface area (Å²) in [6.45, 7) is 8.91. The molecule has 2 aliphatic rings. The zero-order valence-electron chi connectivity index (χ0n) is 15.3. The Morgan fingerprint density at radius 1 is 1.08 bits per heavy atom. The maximum Gasteiger partial charge on any atom is 0.126 e. The van der Waals surface area contributed by atoms with Crippen LogP contribution in [0.5, 0.6) is 5.75 Å². The molecule has 0 saturated carbocycles. The molecular formula is C21H27N2OP. The molecule has 2 aromatic rings. The molecular weight excluding hydrogens is 327 g/mol. The summed E-state index contributed by atoms with van der Waals surface area (Å²) in [5, 5.41) is 11.8. The monoisotopic (exact) mass is 354 g/mol. The number of nitrogens with zero attached hydrogens (tertiary/aromatic N) is 2. The highest BCUT2D eigenvalue weighted by molar-refractivity contribution is 7.65. The third-order valence-electron chi connectivity index (χ3n) is 5.31. The zero-order chi connectivity index (χ0) is 17.6. The fourth-order valence-corrected chi connectivity index (χ4v) is 6.78. The predicted molar refractivity (Wildman–Crippen MR) is 107 cm³/mol. The molecule has 0 unspecified atom stereocenters. The first-order valence-corrected chi connectivity index (χ1v) is 10.4. The average molecular weight is 354 g/mol. The Hall–Kier alpha value is -1.57. The summed E-state index contributed by atoms with van der Waals surface area (Å²) >= 11 is 0. The van der Waals surface area contributed by atoms with Crippen LogP contribution in [-0.2, 0) is 5.41 Å². The van der Waals surface area contributed by atoms with E-state index in [-0.39, 0.29) is 5.41 Å². The molecule has 132 valence electrons. The minimum absolute atomic E-state index is 0.0828. The number of phenolic OH excluding ortho intramolecular Hbond substituents is 1. The number of anilines is 1. The van der Waals surface area contributed by atoms with Gasteiger partial charge in [-0.1, -0.05) is 45.0 Å². The van der Waals surface area contributed by atoms with Gasteiger partial charge in [0.25, 0.3) is 0 Å². The molecule has 2 fully saturated rings. The van der Waals surface area contributed by atoms with Crippen molar-refractivity contribution in [1.82, 2.24) is 4.67 Å². The lowest BCUT2D eigenvalue weighted by Gasteiger charge is -2.32. The summed E-state index contributed by atoms with van der Waals surface area (Å²) in [5.74, 6) is 0.438.